The van der Waals surface area contributed by atoms with E-state index in [0.717, 1.165) is 13.0 Å². The van der Waals surface area contributed by atoms with Crippen LogP contribution in [-0.4, -0.2) is 30.8 Å². The van der Waals surface area contributed by atoms with Crippen LogP contribution in [0.1, 0.15) is 30.9 Å². The molecule has 2 saturated heterocycles. The highest BCUT2D eigenvalue weighted by atomic mass is 127. The number of hydrogen-bond acceptors (Lipinski definition) is 3. The Balaban J connectivity index is 1.84. The molecule has 0 radical (unpaired) electrons. The van der Waals surface area contributed by atoms with Crippen LogP contribution >= 0.6 is 50.3 Å². The molecule has 0 bridgehead atoms. The molecule has 0 aromatic heterocycles. The second-order valence-corrected chi connectivity index (χ2v) is 9.22. The highest BCUT2D eigenvalue weighted by Crippen LogP contribution is 2.44. The van der Waals surface area contributed by atoms with Gasteiger partial charge in [0.25, 0.3) is 0 Å². The van der Waals surface area contributed by atoms with Crippen molar-refractivity contribution >= 4 is 50.3 Å². The molecule has 2 aliphatic rings. The third-order valence-corrected chi connectivity index (χ3v) is 7.29. The lowest BCUT2D eigenvalue weighted by Gasteiger charge is -2.41. The lowest BCUT2D eigenvalue weighted by Crippen LogP contribution is -2.43. The van der Waals surface area contributed by atoms with E-state index in [-0.39, 0.29) is 5.60 Å². The Morgan fingerprint density at radius 1 is 1.52 bits per heavy atom. The number of nitrogens with one attached hydrogen (secondary N) is 1. The summed E-state index contributed by atoms with van der Waals surface area (Å²) in [4.78, 5) is 0. The van der Waals surface area contributed by atoms with E-state index in [0.29, 0.717) is 12.0 Å². The molecule has 2 fully saturated rings. The van der Waals surface area contributed by atoms with Crippen LogP contribution in [0.25, 0.3) is 0 Å². The van der Waals surface area contributed by atoms with Gasteiger partial charge in [-0.05, 0) is 84.3 Å². The van der Waals surface area contributed by atoms with Crippen molar-refractivity contribution in [1.82, 2.24) is 5.32 Å². The normalized spacial score (nSPS) is 30.7. The van der Waals surface area contributed by atoms with Gasteiger partial charge in [-0.15, -0.1) is 0 Å². The molecule has 1 aromatic carbocycles. The molecule has 2 nitrogen and oxygen atoms in total. The van der Waals surface area contributed by atoms with Gasteiger partial charge in [0.2, 0.25) is 0 Å². The highest BCUT2D eigenvalue weighted by Gasteiger charge is 2.42. The number of halogens is 2. The van der Waals surface area contributed by atoms with Crippen LogP contribution in [0.15, 0.2) is 22.7 Å². The molecule has 1 N–H and O–H groups in total. The van der Waals surface area contributed by atoms with Crippen LogP contribution in [-0.2, 0) is 4.74 Å². The van der Waals surface area contributed by atoms with Gasteiger partial charge in [0.05, 0.1) is 5.60 Å². The van der Waals surface area contributed by atoms with Crippen molar-refractivity contribution in [2.45, 2.75) is 30.9 Å². The third kappa shape index (κ3) is 3.62. The first-order valence-electron chi connectivity index (χ1n) is 7.47. The third-order valence-electron chi connectivity index (χ3n) is 4.67. The number of rotatable bonds is 3. The molecule has 0 saturated carbocycles. The predicted molar refractivity (Wildman–Crippen MR) is 102 cm³/mol. The quantitative estimate of drug-likeness (QED) is 0.636. The van der Waals surface area contributed by atoms with E-state index >= 15 is 0 Å². The summed E-state index contributed by atoms with van der Waals surface area (Å²) < 4.78 is 8.69. The molecule has 0 amide bonds. The van der Waals surface area contributed by atoms with Gasteiger partial charge in [0.15, 0.2) is 0 Å². The number of thioether (sulfide) groups is 1. The van der Waals surface area contributed by atoms with Gasteiger partial charge in [-0.25, -0.2) is 0 Å². The molecule has 2 heterocycles. The molecular weight excluding hydrogens is 461 g/mol. The molecular formula is C16H21BrINOS. The van der Waals surface area contributed by atoms with Crippen molar-refractivity contribution < 1.29 is 4.74 Å². The smallest absolute Gasteiger partial charge is 0.0783 e. The van der Waals surface area contributed by atoms with E-state index in [1.54, 1.807) is 0 Å². The van der Waals surface area contributed by atoms with Gasteiger partial charge in [0, 0.05) is 26.4 Å². The van der Waals surface area contributed by atoms with Gasteiger partial charge in [-0.1, -0.05) is 15.9 Å². The minimum Gasteiger partial charge on any atom is -0.374 e. The van der Waals surface area contributed by atoms with Crippen molar-refractivity contribution in [2.24, 2.45) is 5.92 Å². The zero-order chi connectivity index (χ0) is 14.9. The predicted octanol–water partition coefficient (Wildman–Crippen LogP) is 4.62. The lowest BCUT2D eigenvalue weighted by molar-refractivity contribution is -0.0851. The summed E-state index contributed by atoms with van der Waals surface area (Å²) in [5, 5.41) is 3.57. The number of benzene rings is 1. The van der Waals surface area contributed by atoms with Crippen LogP contribution in [0.3, 0.4) is 0 Å². The summed E-state index contributed by atoms with van der Waals surface area (Å²) in [7, 11) is 2.09. The Labute approximate surface area is 153 Å². The molecule has 21 heavy (non-hydrogen) atoms. The monoisotopic (exact) mass is 481 g/mol. The van der Waals surface area contributed by atoms with Gasteiger partial charge in [-0.2, -0.15) is 11.8 Å². The zero-order valence-corrected chi connectivity index (χ0v) is 16.8. The molecule has 1 aromatic rings. The fraction of sp³-hybridized carbons (Fsp3) is 0.625. The molecule has 5 heteroatoms. The van der Waals surface area contributed by atoms with Crippen LogP contribution in [0.4, 0.5) is 0 Å². The summed E-state index contributed by atoms with van der Waals surface area (Å²) in [5.74, 6) is 3.08. The second-order valence-electron chi connectivity index (χ2n) is 6.02. The van der Waals surface area contributed by atoms with E-state index in [4.69, 9.17) is 4.74 Å². The fourth-order valence-corrected chi connectivity index (χ4v) is 6.00. The number of hydrogen-bond donors (Lipinski definition) is 1. The second kappa shape index (κ2) is 7.07. The van der Waals surface area contributed by atoms with Crippen molar-refractivity contribution in [3.8, 4) is 0 Å². The maximum Gasteiger partial charge on any atom is 0.0783 e. The molecule has 116 valence electrons. The maximum atomic E-state index is 6.18. The first kappa shape index (κ1) is 16.6. The van der Waals surface area contributed by atoms with Gasteiger partial charge in [-0.3, -0.25) is 0 Å². The average Bonchev–Trinajstić information content (AvgIpc) is 2.91. The first-order chi connectivity index (χ1) is 10.1. The van der Waals surface area contributed by atoms with E-state index in [1.807, 2.05) is 11.8 Å². The summed E-state index contributed by atoms with van der Waals surface area (Å²) in [6.45, 7) is 0.908. The summed E-state index contributed by atoms with van der Waals surface area (Å²) in [6.07, 6.45) is 3.55. The Bertz CT molecular complexity index is 507. The van der Waals surface area contributed by atoms with Gasteiger partial charge >= 0.3 is 0 Å². The molecule has 2 aliphatic heterocycles. The molecule has 3 unspecified atom stereocenters. The van der Waals surface area contributed by atoms with E-state index in [2.05, 4.69) is 69.1 Å². The average molecular weight is 482 g/mol. The topological polar surface area (TPSA) is 21.3 Å². The number of ether oxygens (including phenoxy) is 1. The Kier molecular flexibility index (Phi) is 5.58. The maximum absolute atomic E-state index is 6.18. The van der Waals surface area contributed by atoms with Gasteiger partial charge < -0.3 is 10.1 Å². The van der Waals surface area contributed by atoms with Crippen LogP contribution in [0.2, 0.25) is 0 Å². The Morgan fingerprint density at radius 3 is 3.10 bits per heavy atom. The van der Waals surface area contributed by atoms with Crippen molar-refractivity contribution in [3.05, 3.63) is 31.8 Å². The molecule has 3 atom stereocenters. The standard InChI is InChI=1S/C16H21BrINOS/c1-19-15(13-8-12(18)2-3-14(13)17)11-4-6-20-16(9-11)5-7-21-10-16/h2-3,8,11,15,19H,4-7,9-10H2,1H3. The van der Waals surface area contributed by atoms with Gasteiger partial charge in [0.1, 0.15) is 0 Å². The molecule has 1 spiro atoms. The Hall–Kier alpha value is 0.700. The van der Waals surface area contributed by atoms with E-state index < -0.39 is 0 Å². The van der Waals surface area contributed by atoms with Crippen LogP contribution in [0, 0.1) is 9.49 Å². The minimum absolute atomic E-state index is 0.150. The first-order valence-corrected chi connectivity index (χ1v) is 10.5. The highest BCUT2D eigenvalue weighted by molar-refractivity contribution is 14.1. The zero-order valence-electron chi connectivity index (χ0n) is 12.2. The minimum atomic E-state index is 0.150. The van der Waals surface area contributed by atoms with Crippen molar-refractivity contribution in [2.75, 3.05) is 25.2 Å². The van der Waals surface area contributed by atoms with Crippen molar-refractivity contribution in [1.29, 1.82) is 0 Å². The fourth-order valence-electron chi connectivity index (χ4n) is 3.61. The molecule has 3 rings (SSSR count). The van der Waals surface area contributed by atoms with Crippen molar-refractivity contribution in [3.63, 3.8) is 0 Å². The molecule has 0 aliphatic carbocycles. The van der Waals surface area contributed by atoms with Crippen LogP contribution < -0.4 is 5.32 Å². The van der Waals surface area contributed by atoms with E-state index in [1.165, 1.54) is 38.0 Å². The summed E-state index contributed by atoms with van der Waals surface area (Å²) in [6, 6.07) is 7.03. The van der Waals surface area contributed by atoms with E-state index in [9.17, 15) is 0 Å². The SMILES string of the molecule is CNC(c1cc(I)ccc1Br)C1CCOC2(CCSC2)C1. The van der Waals surface area contributed by atoms with Crippen LogP contribution in [0.5, 0.6) is 0 Å². The largest absolute Gasteiger partial charge is 0.374 e. The summed E-state index contributed by atoms with van der Waals surface area (Å²) >= 11 is 8.18. The summed E-state index contributed by atoms with van der Waals surface area (Å²) in [5.41, 5.74) is 1.54. The lowest BCUT2D eigenvalue weighted by atomic mass is 9.79. The Morgan fingerprint density at radius 2 is 2.38 bits per heavy atom.